The van der Waals surface area contributed by atoms with E-state index >= 15 is 0 Å². The average molecular weight is 359 g/mol. The summed E-state index contributed by atoms with van der Waals surface area (Å²) >= 11 is 3.57. The standard InChI is InChI=1S/C18H15BrO3/c19-15-9-13-5-6-18(20)22-16(13)10-17(15)21-14-7-11-3-1-2-4-12(11)8-14/h1-4,9-10,14H,5-8H2. The Morgan fingerprint density at radius 3 is 2.50 bits per heavy atom. The Bertz CT molecular complexity index is 729. The van der Waals surface area contributed by atoms with E-state index in [0.717, 1.165) is 35.0 Å². The summed E-state index contributed by atoms with van der Waals surface area (Å²) in [6, 6.07) is 12.3. The molecule has 0 fully saturated rings. The lowest BCUT2D eigenvalue weighted by Crippen LogP contribution is -2.18. The van der Waals surface area contributed by atoms with Crippen molar-refractivity contribution in [1.82, 2.24) is 0 Å². The third-order valence-corrected chi connectivity index (χ3v) is 4.86. The summed E-state index contributed by atoms with van der Waals surface area (Å²) in [5, 5.41) is 0. The Labute approximate surface area is 137 Å². The molecule has 2 aromatic carbocycles. The highest BCUT2D eigenvalue weighted by Crippen LogP contribution is 2.37. The zero-order chi connectivity index (χ0) is 15.1. The van der Waals surface area contributed by atoms with Gasteiger partial charge in [-0.3, -0.25) is 4.79 Å². The molecule has 2 aliphatic rings. The number of hydrogen-bond acceptors (Lipinski definition) is 3. The molecule has 1 aliphatic carbocycles. The second-order valence-electron chi connectivity index (χ2n) is 5.78. The number of carbonyl (C=O) groups is 1. The zero-order valence-electron chi connectivity index (χ0n) is 12.0. The maximum atomic E-state index is 11.4. The molecule has 0 saturated carbocycles. The van der Waals surface area contributed by atoms with Crippen molar-refractivity contribution in [2.75, 3.05) is 0 Å². The Morgan fingerprint density at radius 2 is 1.77 bits per heavy atom. The van der Waals surface area contributed by atoms with Crippen molar-refractivity contribution in [1.29, 1.82) is 0 Å². The molecule has 0 unspecified atom stereocenters. The van der Waals surface area contributed by atoms with Crippen molar-refractivity contribution >= 4 is 21.9 Å². The summed E-state index contributed by atoms with van der Waals surface area (Å²) in [5.41, 5.74) is 3.76. The molecule has 0 amide bonds. The van der Waals surface area contributed by atoms with Crippen molar-refractivity contribution in [3.63, 3.8) is 0 Å². The molecule has 4 heteroatoms. The van der Waals surface area contributed by atoms with E-state index < -0.39 is 0 Å². The highest BCUT2D eigenvalue weighted by Gasteiger charge is 2.25. The molecule has 0 aromatic heterocycles. The molecule has 3 nitrogen and oxygen atoms in total. The van der Waals surface area contributed by atoms with Crippen LogP contribution in [0.1, 0.15) is 23.1 Å². The van der Waals surface area contributed by atoms with E-state index in [9.17, 15) is 4.79 Å². The fourth-order valence-corrected chi connectivity index (χ4v) is 3.63. The van der Waals surface area contributed by atoms with Crippen LogP contribution in [-0.4, -0.2) is 12.1 Å². The molecular formula is C18H15BrO3. The van der Waals surface area contributed by atoms with Gasteiger partial charge in [-0.25, -0.2) is 0 Å². The number of hydrogen-bond donors (Lipinski definition) is 0. The van der Waals surface area contributed by atoms with Crippen LogP contribution >= 0.6 is 15.9 Å². The lowest BCUT2D eigenvalue weighted by molar-refractivity contribution is -0.135. The molecule has 0 radical (unpaired) electrons. The number of carbonyl (C=O) groups excluding carboxylic acids is 1. The van der Waals surface area contributed by atoms with Gasteiger partial charge in [0.25, 0.3) is 0 Å². The van der Waals surface area contributed by atoms with Crippen molar-refractivity contribution in [2.45, 2.75) is 31.8 Å². The van der Waals surface area contributed by atoms with Gasteiger partial charge in [0.1, 0.15) is 17.6 Å². The highest BCUT2D eigenvalue weighted by atomic mass is 79.9. The normalized spacial score (nSPS) is 16.9. The molecule has 0 bridgehead atoms. The minimum atomic E-state index is -0.172. The van der Waals surface area contributed by atoms with Gasteiger partial charge in [-0.05, 0) is 45.1 Å². The number of esters is 1. The number of rotatable bonds is 2. The summed E-state index contributed by atoms with van der Waals surface area (Å²) in [6.45, 7) is 0. The van der Waals surface area contributed by atoms with Gasteiger partial charge in [0, 0.05) is 18.9 Å². The van der Waals surface area contributed by atoms with E-state index in [1.54, 1.807) is 0 Å². The number of halogens is 1. The number of benzene rings is 2. The third kappa shape index (κ3) is 2.52. The Balaban J connectivity index is 1.57. The van der Waals surface area contributed by atoms with E-state index in [0.29, 0.717) is 12.2 Å². The monoisotopic (exact) mass is 358 g/mol. The topological polar surface area (TPSA) is 35.5 Å². The fourth-order valence-electron chi connectivity index (χ4n) is 3.15. The molecule has 0 spiro atoms. The second kappa shape index (κ2) is 5.43. The smallest absolute Gasteiger partial charge is 0.311 e. The first-order valence-corrected chi connectivity index (χ1v) is 8.25. The molecule has 112 valence electrons. The first kappa shape index (κ1) is 13.8. The summed E-state index contributed by atoms with van der Waals surface area (Å²) in [6.07, 6.45) is 3.13. The molecule has 0 atom stereocenters. The van der Waals surface area contributed by atoms with Crippen LogP contribution in [0.15, 0.2) is 40.9 Å². The van der Waals surface area contributed by atoms with Crippen LogP contribution < -0.4 is 9.47 Å². The van der Waals surface area contributed by atoms with Crippen LogP contribution in [0.3, 0.4) is 0 Å². The molecule has 1 aliphatic heterocycles. The summed E-state index contributed by atoms with van der Waals surface area (Å²) in [5.74, 6) is 1.20. The fraction of sp³-hybridized carbons (Fsp3) is 0.278. The van der Waals surface area contributed by atoms with E-state index in [1.807, 2.05) is 12.1 Å². The van der Waals surface area contributed by atoms with Crippen LogP contribution in [0.2, 0.25) is 0 Å². The zero-order valence-corrected chi connectivity index (χ0v) is 13.6. The molecular weight excluding hydrogens is 344 g/mol. The SMILES string of the molecule is O=C1CCc2cc(Br)c(OC3Cc4ccccc4C3)cc2O1. The van der Waals surface area contributed by atoms with E-state index in [2.05, 4.69) is 40.2 Å². The first-order chi connectivity index (χ1) is 10.7. The van der Waals surface area contributed by atoms with Crippen LogP contribution in [0.4, 0.5) is 0 Å². The minimum absolute atomic E-state index is 0.131. The van der Waals surface area contributed by atoms with Crippen LogP contribution in [0.5, 0.6) is 11.5 Å². The van der Waals surface area contributed by atoms with Crippen LogP contribution in [-0.2, 0) is 24.1 Å². The van der Waals surface area contributed by atoms with E-state index in [4.69, 9.17) is 9.47 Å². The summed E-state index contributed by atoms with van der Waals surface area (Å²) in [4.78, 5) is 11.4. The predicted octanol–water partition coefficient (Wildman–Crippen LogP) is 3.85. The lowest BCUT2D eigenvalue weighted by Gasteiger charge is -2.20. The Kier molecular flexibility index (Phi) is 3.41. The molecule has 2 aromatic rings. The first-order valence-electron chi connectivity index (χ1n) is 7.45. The molecule has 22 heavy (non-hydrogen) atoms. The molecule has 4 rings (SSSR count). The number of fused-ring (bicyclic) bond motifs is 2. The molecule has 0 saturated heterocycles. The quantitative estimate of drug-likeness (QED) is 0.604. The average Bonchev–Trinajstić information content (AvgIpc) is 2.91. The molecule has 1 heterocycles. The predicted molar refractivity (Wildman–Crippen MR) is 86.4 cm³/mol. The van der Waals surface area contributed by atoms with Gasteiger partial charge in [-0.15, -0.1) is 0 Å². The number of ether oxygens (including phenoxy) is 2. The van der Waals surface area contributed by atoms with Gasteiger partial charge in [-0.2, -0.15) is 0 Å². The molecule has 0 N–H and O–H groups in total. The lowest BCUT2D eigenvalue weighted by atomic mass is 10.1. The van der Waals surface area contributed by atoms with Gasteiger partial charge >= 0.3 is 5.97 Å². The Hall–Kier alpha value is -1.81. The van der Waals surface area contributed by atoms with Crippen LogP contribution in [0, 0.1) is 0 Å². The van der Waals surface area contributed by atoms with Crippen molar-refractivity contribution < 1.29 is 14.3 Å². The Morgan fingerprint density at radius 1 is 1.05 bits per heavy atom. The maximum absolute atomic E-state index is 11.4. The van der Waals surface area contributed by atoms with Gasteiger partial charge < -0.3 is 9.47 Å². The van der Waals surface area contributed by atoms with Gasteiger partial charge in [-0.1, -0.05) is 24.3 Å². The van der Waals surface area contributed by atoms with Crippen molar-refractivity contribution in [2.24, 2.45) is 0 Å². The largest absolute Gasteiger partial charge is 0.488 e. The van der Waals surface area contributed by atoms with Gasteiger partial charge in [0.2, 0.25) is 0 Å². The number of aryl methyl sites for hydroxylation is 1. The van der Waals surface area contributed by atoms with Gasteiger partial charge in [0.15, 0.2) is 0 Å². The maximum Gasteiger partial charge on any atom is 0.311 e. The van der Waals surface area contributed by atoms with Crippen molar-refractivity contribution in [3.8, 4) is 11.5 Å². The van der Waals surface area contributed by atoms with E-state index in [1.165, 1.54) is 11.1 Å². The van der Waals surface area contributed by atoms with Crippen LogP contribution in [0.25, 0.3) is 0 Å². The minimum Gasteiger partial charge on any atom is -0.488 e. The highest BCUT2D eigenvalue weighted by molar-refractivity contribution is 9.10. The van der Waals surface area contributed by atoms with Crippen molar-refractivity contribution in [3.05, 3.63) is 57.6 Å². The van der Waals surface area contributed by atoms with E-state index in [-0.39, 0.29) is 12.1 Å². The second-order valence-corrected chi connectivity index (χ2v) is 6.64. The summed E-state index contributed by atoms with van der Waals surface area (Å²) in [7, 11) is 0. The van der Waals surface area contributed by atoms with Gasteiger partial charge in [0.05, 0.1) is 10.9 Å². The summed E-state index contributed by atoms with van der Waals surface area (Å²) < 4.78 is 12.4. The third-order valence-electron chi connectivity index (χ3n) is 4.24.